The van der Waals surface area contributed by atoms with Crippen molar-refractivity contribution in [2.75, 3.05) is 33.9 Å². The molecular weight excluding hydrogens is 539 g/mol. The van der Waals surface area contributed by atoms with E-state index in [4.69, 9.17) is 33.9 Å². The Morgan fingerprint density at radius 2 is 1.26 bits per heavy atom. The molecule has 200 valence electrons. The third kappa shape index (κ3) is 6.03. The van der Waals surface area contributed by atoms with E-state index in [0.717, 1.165) is 22.6 Å². The Labute approximate surface area is 238 Å². The first-order valence-electron chi connectivity index (χ1n) is 12.4. The number of thioether (sulfide) groups is 1. The first-order chi connectivity index (χ1) is 18.2. The summed E-state index contributed by atoms with van der Waals surface area (Å²) < 4.78 is 11.0. The van der Waals surface area contributed by atoms with Gasteiger partial charge >= 0.3 is 0 Å². The zero-order valence-electron chi connectivity index (χ0n) is 21.9. The number of nitrogens with zero attached hydrogens (tertiary/aromatic N) is 3. The minimum Gasteiger partial charge on any atom is -0.497 e. The van der Waals surface area contributed by atoms with Crippen LogP contribution in [0.1, 0.15) is 25.0 Å². The predicted molar refractivity (Wildman–Crippen MR) is 158 cm³/mol. The van der Waals surface area contributed by atoms with Crippen molar-refractivity contribution in [3.63, 3.8) is 0 Å². The number of carbonyl (C=O) groups is 2. The zero-order chi connectivity index (χ0) is 27.4. The van der Waals surface area contributed by atoms with Crippen LogP contribution in [0.4, 0.5) is 0 Å². The molecule has 0 unspecified atom stereocenters. The fourth-order valence-electron chi connectivity index (χ4n) is 4.33. The Morgan fingerprint density at radius 3 is 1.74 bits per heavy atom. The summed E-state index contributed by atoms with van der Waals surface area (Å²) in [6.45, 7) is 5.43. The van der Waals surface area contributed by atoms with E-state index in [2.05, 4.69) is 0 Å². The van der Waals surface area contributed by atoms with Crippen LogP contribution in [0.3, 0.4) is 0 Å². The third-order valence-corrected chi connectivity index (χ3v) is 8.24. The van der Waals surface area contributed by atoms with E-state index in [1.807, 2.05) is 62.4 Å². The molecule has 2 aromatic carbocycles. The van der Waals surface area contributed by atoms with Gasteiger partial charge in [-0.3, -0.25) is 19.4 Å². The highest BCUT2D eigenvalue weighted by atomic mass is 32.2. The quantitative estimate of drug-likeness (QED) is 0.303. The van der Waals surface area contributed by atoms with Crippen molar-refractivity contribution in [1.82, 2.24) is 14.7 Å². The van der Waals surface area contributed by atoms with Gasteiger partial charge in [0, 0.05) is 19.6 Å². The first kappa shape index (κ1) is 28.1. The maximum Gasteiger partial charge on any atom is 0.278 e. The molecule has 2 amide bonds. The lowest BCUT2D eigenvalue weighted by molar-refractivity contribution is -0.125. The van der Waals surface area contributed by atoms with Gasteiger partial charge in [-0.1, -0.05) is 62.1 Å². The van der Waals surface area contributed by atoms with Crippen LogP contribution in [-0.4, -0.2) is 69.8 Å². The topological polar surface area (TPSA) is 62.3 Å². The van der Waals surface area contributed by atoms with Crippen LogP contribution < -0.4 is 9.47 Å². The summed E-state index contributed by atoms with van der Waals surface area (Å²) in [6.07, 6.45) is 1.25. The second-order valence-electron chi connectivity index (χ2n) is 9.44. The van der Waals surface area contributed by atoms with E-state index in [1.54, 1.807) is 28.9 Å². The van der Waals surface area contributed by atoms with Crippen LogP contribution in [0.15, 0.2) is 59.1 Å². The van der Waals surface area contributed by atoms with E-state index >= 15 is 0 Å². The van der Waals surface area contributed by atoms with Crippen LogP contribution in [-0.2, 0) is 22.4 Å². The van der Waals surface area contributed by atoms with Crippen molar-refractivity contribution < 1.29 is 19.1 Å². The van der Waals surface area contributed by atoms with Gasteiger partial charge in [0.25, 0.3) is 11.8 Å². The van der Waals surface area contributed by atoms with E-state index in [9.17, 15) is 9.59 Å². The molecule has 0 radical (unpaired) electrons. The van der Waals surface area contributed by atoms with Crippen molar-refractivity contribution >= 4 is 57.4 Å². The van der Waals surface area contributed by atoms with Gasteiger partial charge in [-0.2, -0.15) is 0 Å². The molecule has 0 N–H and O–H groups in total. The van der Waals surface area contributed by atoms with Crippen molar-refractivity contribution in [3.8, 4) is 11.5 Å². The molecule has 0 bridgehead atoms. The number of benzene rings is 2. The van der Waals surface area contributed by atoms with Crippen molar-refractivity contribution in [2.45, 2.75) is 26.7 Å². The van der Waals surface area contributed by atoms with Crippen LogP contribution >= 0.6 is 36.2 Å². The predicted octanol–water partition coefficient (Wildman–Crippen LogP) is 4.65. The average molecular weight is 570 g/mol. The Bertz CT molecular complexity index is 1260. The number of ether oxygens (including phenoxy) is 2. The van der Waals surface area contributed by atoms with Crippen molar-refractivity contribution in [1.29, 1.82) is 0 Å². The number of hydrogen-bond donors (Lipinski definition) is 0. The number of hydrogen-bond acceptors (Lipinski definition) is 7. The summed E-state index contributed by atoms with van der Waals surface area (Å²) in [5, 5.41) is 0.404. The lowest BCUT2D eigenvalue weighted by Crippen LogP contribution is -2.35. The highest BCUT2D eigenvalue weighted by molar-refractivity contribution is 8.26. The summed E-state index contributed by atoms with van der Waals surface area (Å²) in [4.78, 5) is 32.5. The van der Waals surface area contributed by atoms with Crippen LogP contribution in [0.2, 0.25) is 0 Å². The fourth-order valence-corrected chi connectivity index (χ4v) is 6.02. The van der Waals surface area contributed by atoms with E-state index in [0.29, 0.717) is 52.5 Å². The molecule has 0 spiro atoms. The molecular formula is C28H31N3O4S3. The van der Waals surface area contributed by atoms with Gasteiger partial charge in [-0.05, 0) is 66.4 Å². The van der Waals surface area contributed by atoms with Gasteiger partial charge in [0.15, 0.2) is 5.11 Å². The highest BCUT2D eigenvalue weighted by Gasteiger charge is 2.45. The normalized spacial score (nSPS) is 17.9. The molecule has 38 heavy (non-hydrogen) atoms. The molecule has 2 heterocycles. The molecule has 2 fully saturated rings. The number of carbonyl (C=O) groups excluding carboxylic acids is 2. The number of amides is 2. The second-order valence-corrected chi connectivity index (χ2v) is 11.5. The molecule has 7 nitrogen and oxygen atoms in total. The molecule has 0 aromatic heterocycles. The number of rotatable bonds is 10. The van der Waals surface area contributed by atoms with Gasteiger partial charge in [-0.25, -0.2) is 0 Å². The second kappa shape index (κ2) is 12.3. The minimum atomic E-state index is -0.261. The molecule has 2 saturated heterocycles. The molecule has 2 aliphatic rings. The van der Waals surface area contributed by atoms with E-state index in [1.165, 1.54) is 11.8 Å². The van der Waals surface area contributed by atoms with Crippen molar-refractivity contribution in [2.24, 2.45) is 5.92 Å². The summed E-state index contributed by atoms with van der Waals surface area (Å²) in [5.41, 5.74) is 2.45. The highest BCUT2D eigenvalue weighted by Crippen LogP contribution is 2.38. The SMILES string of the molecule is COc1ccc(CCN2C(=O)/C(=C3\SC(=S)N(CC(C)C)C3=O)N(CCc3ccc(OC)cc3)C2=S)cc1. The van der Waals surface area contributed by atoms with E-state index < -0.39 is 0 Å². The average Bonchev–Trinajstić information content (AvgIpc) is 3.32. The summed E-state index contributed by atoms with van der Waals surface area (Å²) in [7, 11) is 3.26. The molecule has 4 rings (SSSR count). The lowest BCUT2D eigenvalue weighted by atomic mass is 10.1. The molecule has 2 aliphatic heterocycles. The first-order valence-corrected chi connectivity index (χ1v) is 14.0. The maximum atomic E-state index is 13.8. The summed E-state index contributed by atoms with van der Waals surface area (Å²) in [5.74, 6) is 1.31. The van der Waals surface area contributed by atoms with Gasteiger partial charge in [-0.15, -0.1) is 0 Å². The third-order valence-electron chi connectivity index (χ3n) is 6.36. The number of thiocarbonyl (C=S) groups is 2. The van der Waals surface area contributed by atoms with Crippen LogP contribution in [0, 0.1) is 5.92 Å². The fraction of sp³-hybridized carbons (Fsp3) is 0.357. The Balaban J connectivity index is 1.61. The lowest BCUT2D eigenvalue weighted by Gasteiger charge is -2.21. The Kier molecular flexibility index (Phi) is 9.07. The van der Waals surface area contributed by atoms with Gasteiger partial charge in [0.1, 0.15) is 26.4 Å². The maximum absolute atomic E-state index is 13.8. The number of methoxy groups -OCH3 is 2. The largest absolute Gasteiger partial charge is 0.497 e. The Morgan fingerprint density at radius 1 is 0.763 bits per heavy atom. The van der Waals surface area contributed by atoms with Crippen LogP contribution in [0.5, 0.6) is 11.5 Å². The van der Waals surface area contributed by atoms with Crippen molar-refractivity contribution in [3.05, 3.63) is 70.3 Å². The molecule has 2 aromatic rings. The summed E-state index contributed by atoms with van der Waals surface area (Å²) in [6, 6.07) is 15.5. The van der Waals surface area contributed by atoms with E-state index in [-0.39, 0.29) is 17.7 Å². The molecule has 0 saturated carbocycles. The summed E-state index contributed by atoms with van der Waals surface area (Å²) >= 11 is 12.5. The Hall–Kier alpha value is -2.95. The van der Waals surface area contributed by atoms with Gasteiger partial charge in [0.05, 0.1) is 14.2 Å². The van der Waals surface area contributed by atoms with Crippen LogP contribution in [0.25, 0.3) is 0 Å². The monoisotopic (exact) mass is 569 g/mol. The molecule has 0 atom stereocenters. The zero-order valence-corrected chi connectivity index (χ0v) is 24.4. The molecule has 10 heteroatoms. The van der Waals surface area contributed by atoms with Gasteiger partial charge < -0.3 is 14.4 Å². The smallest absolute Gasteiger partial charge is 0.278 e. The standard InChI is InChI=1S/C28H31N3O4S3/c1-18(2)17-31-26(33)24(38-28(31)37)23-25(32)30(16-14-20-7-11-22(35-4)12-8-20)27(36)29(23)15-13-19-5-9-21(34-3)10-6-19/h5-12,18H,13-17H2,1-4H3/b24-23+. The van der Waals surface area contributed by atoms with Gasteiger partial charge in [0.2, 0.25) is 0 Å². The molecule has 0 aliphatic carbocycles. The minimum absolute atomic E-state index is 0.230.